The summed E-state index contributed by atoms with van der Waals surface area (Å²) in [4.78, 5) is 4.12. The summed E-state index contributed by atoms with van der Waals surface area (Å²) in [5, 5.41) is 6.96. The van der Waals surface area contributed by atoms with Crippen molar-refractivity contribution in [3.63, 3.8) is 0 Å². The summed E-state index contributed by atoms with van der Waals surface area (Å²) in [6, 6.07) is 1.92. The Balaban J connectivity index is 1.73. The molecule has 0 aliphatic rings. The highest BCUT2D eigenvalue weighted by atomic mass is 79.9. The van der Waals surface area contributed by atoms with Gasteiger partial charge < -0.3 is 14.3 Å². The van der Waals surface area contributed by atoms with E-state index < -0.39 is 0 Å². The molecule has 1 N–H and O–H groups in total. The predicted octanol–water partition coefficient (Wildman–Crippen LogP) is 2.83. The molecule has 0 spiro atoms. The van der Waals surface area contributed by atoms with Gasteiger partial charge in [0, 0.05) is 13.0 Å². The molecule has 0 radical (unpaired) electrons. The van der Waals surface area contributed by atoms with Crippen molar-refractivity contribution in [2.45, 2.75) is 19.9 Å². The second-order valence-electron chi connectivity index (χ2n) is 3.50. The Morgan fingerprint density at radius 1 is 1.41 bits per heavy atom. The molecule has 5 nitrogen and oxygen atoms in total. The van der Waals surface area contributed by atoms with E-state index in [1.54, 1.807) is 6.92 Å². The lowest BCUT2D eigenvalue weighted by Crippen LogP contribution is -2.16. The Hall–Kier alpha value is -0.660. The van der Waals surface area contributed by atoms with Crippen LogP contribution in [0.25, 0.3) is 0 Å². The maximum absolute atomic E-state index is 5.43. The number of aryl methyl sites for hydroxylation is 1. The van der Waals surface area contributed by atoms with Gasteiger partial charge in [-0.25, -0.2) is 0 Å². The van der Waals surface area contributed by atoms with Gasteiger partial charge in [-0.05, 0) is 44.8 Å². The van der Waals surface area contributed by atoms with Gasteiger partial charge in [-0.15, -0.1) is 0 Å². The van der Waals surface area contributed by atoms with Crippen LogP contribution in [0.1, 0.15) is 17.5 Å². The molecule has 2 heterocycles. The normalized spacial score (nSPS) is 11.0. The third-order valence-corrected chi connectivity index (χ3v) is 3.79. The first-order valence-electron chi connectivity index (χ1n) is 5.09. The van der Waals surface area contributed by atoms with Gasteiger partial charge >= 0.3 is 0 Å². The fraction of sp³-hybridized carbons (Fsp3) is 0.400. The van der Waals surface area contributed by atoms with Crippen LogP contribution in [0.2, 0.25) is 0 Å². The molecule has 2 rings (SSSR count). The largest absolute Gasteiger partial charge is 0.452 e. The minimum atomic E-state index is 0.650. The van der Waals surface area contributed by atoms with Crippen molar-refractivity contribution in [3.05, 3.63) is 32.7 Å². The van der Waals surface area contributed by atoms with Crippen LogP contribution in [0.15, 0.2) is 24.1 Å². The van der Waals surface area contributed by atoms with E-state index in [1.165, 1.54) is 0 Å². The van der Waals surface area contributed by atoms with Crippen LogP contribution >= 0.6 is 31.9 Å². The van der Waals surface area contributed by atoms with E-state index in [2.05, 4.69) is 47.3 Å². The van der Waals surface area contributed by atoms with Crippen LogP contribution in [-0.2, 0) is 13.0 Å². The lowest BCUT2D eigenvalue weighted by Gasteiger charge is -1.99. The lowest BCUT2D eigenvalue weighted by molar-refractivity contribution is 0.370. The molecule has 0 aliphatic carbocycles. The van der Waals surface area contributed by atoms with Crippen molar-refractivity contribution >= 4 is 31.9 Å². The molecule has 0 atom stereocenters. The van der Waals surface area contributed by atoms with Crippen LogP contribution in [-0.4, -0.2) is 16.7 Å². The molecule has 0 saturated carbocycles. The van der Waals surface area contributed by atoms with E-state index in [0.717, 1.165) is 16.8 Å². The zero-order valence-corrected chi connectivity index (χ0v) is 12.3. The highest BCUT2D eigenvalue weighted by Gasteiger charge is 2.06. The summed E-state index contributed by atoms with van der Waals surface area (Å²) in [5.74, 6) is 2.18. The van der Waals surface area contributed by atoms with Crippen LogP contribution in [0.3, 0.4) is 0 Å². The van der Waals surface area contributed by atoms with Gasteiger partial charge in [-0.1, -0.05) is 5.16 Å². The van der Waals surface area contributed by atoms with Gasteiger partial charge in [-0.2, -0.15) is 4.98 Å². The first-order valence-corrected chi connectivity index (χ1v) is 6.67. The highest BCUT2D eigenvalue weighted by molar-refractivity contribution is 9.13. The highest BCUT2D eigenvalue weighted by Crippen LogP contribution is 2.26. The standard InChI is InChI=1S/C10H11Br2N3O2/c1-6-14-9(17-15-6)2-3-13-5-7-4-8(11)10(12)16-7/h4,13H,2-3,5H2,1H3. The molecule has 2 aromatic heterocycles. The zero-order valence-electron chi connectivity index (χ0n) is 9.17. The van der Waals surface area contributed by atoms with Gasteiger partial charge in [0.15, 0.2) is 10.5 Å². The number of hydrogen-bond donors (Lipinski definition) is 1. The molecular weight excluding hydrogens is 354 g/mol. The van der Waals surface area contributed by atoms with E-state index in [0.29, 0.717) is 29.4 Å². The Morgan fingerprint density at radius 2 is 2.24 bits per heavy atom. The zero-order chi connectivity index (χ0) is 12.3. The smallest absolute Gasteiger partial charge is 0.227 e. The first-order chi connectivity index (χ1) is 8.15. The number of halogens is 2. The van der Waals surface area contributed by atoms with Crippen LogP contribution in [0.4, 0.5) is 0 Å². The first kappa shape index (κ1) is 12.8. The van der Waals surface area contributed by atoms with Crippen molar-refractivity contribution in [2.24, 2.45) is 0 Å². The van der Waals surface area contributed by atoms with Crippen LogP contribution in [0, 0.1) is 6.92 Å². The van der Waals surface area contributed by atoms with E-state index in [1.807, 2.05) is 6.07 Å². The summed E-state index contributed by atoms with van der Waals surface area (Å²) < 4.78 is 12.1. The molecule has 0 bridgehead atoms. The van der Waals surface area contributed by atoms with E-state index >= 15 is 0 Å². The van der Waals surface area contributed by atoms with Gasteiger partial charge in [0.2, 0.25) is 5.89 Å². The summed E-state index contributed by atoms with van der Waals surface area (Å²) in [5.41, 5.74) is 0. The van der Waals surface area contributed by atoms with Gasteiger partial charge in [0.05, 0.1) is 11.0 Å². The number of furan rings is 1. The number of nitrogens with zero attached hydrogens (tertiary/aromatic N) is 2. The van der Waals surface area contributed by atoms with Crippen LogP contribution in [0.5, 0.6) is 0 Å². The average Bonchev–Trinajstić information content (AvgIpc) is 2.82. The topological polar surface area (TPSA) is 64.1 Å². The second-order valence-corrected chi connectivity index (χ2v) is 5.07. The minimum absolute atomic E-state index is 0.650. The SMILES string of the molecule is Cc1noc(CCNCc2cc(Br)c(Br)o2)n1. The average molecular weight is 365 g/mol. The van der Waals surface area contributed by atoms with Crippen molar-refractivity contribution < 1.29 is 8.94 Å². The third kappa shape index (κ3) is 3.65. The van der Waals surface area contributed by atoms with Gasteiger partial charge in [-0.3, -0.25) is 0 Å². The third-order valence-electron chi connectivity index (χ3n) is 2.08. The van der Waals surface area contributed by atoms with E-state index in [9.17, 15) is 0 Å². The summed E-state index contributed by atoms with van der Waals surface area (Å²) in [6.45, 7) is 3.23. The Kier molecular flexibility index (Phi) is 4.36. The molecule has 92 valence electrons. The molecule has 0 saturated heterocycles. The summed E-state index contributed by atoms with van der Waals surface area (Å²) >= 11 is 6.65. The van der Waals surface area contributed by atoms with Crippen molar-refractivity contribution in [2.75, 3.05) is 6.54 Å². The quantitative estimate of drug-likeness (QED) is 0.826. The van der Waals surface area contributed by atoms with E-state index in [4.69, 9.17) is 8.94 Å². The molecule has 0 amide bonds. The summed E-state index contributed by atoms with van der Waals surface area (Å²) in [6.07, 6.45) is 0.712. The second kappa shape index (κ2) is 5.79. The minimum Gasteiger partial charge on any atom is -0.452 e. The fourth-order valence-corrected chi connectivity index (χ4v) is 1.99. The predicted molar refractivity (Wildman–Crippen MR) is 68.6 cm³/mol. The molecule has 7 heteroatoms. The molecule has 17 heavy (non-hydrogen) atoms. The van der Waals surface area contributed by atoms with E-state index in [-0.39, 0.29) is 0 Å². The number of nitrogens with one attached hydrogen (secondary N) is 1. The lowest BCUT2D eigenvalue weighted by atomic mass is 10.4. The molecular formula is C10H11Br2N3O2. The molecule has 2 aromatic rings. The van der Waals surface area contributed by atoms with Gasteiger partial charge in [0.1, 0.15) is 5.76 Å². The molecule has 0 aliphatic heterocycles. The number of hydrogen-bond acceptors (Lipinski definition) is 5. The number of aromatic nitrogens is 2. The maximum atomic E-state index is 5.43. The van der Waals surface area contributed by atoms with Crippen molar-refractivity contribution in [3.8, 4) is 0 Å². The van der Waals surface area contributed by atoms with Gasteiger partial charge in [0.25, 0.3) is 0 Å². The number of rotatable bonds is 5. The van der Waals surface area contributed by atoms with Crippen molar-refractivity contribution in [1.82, 2.24) is 15.5 Å². The molecule has 0 unspecified atom stereocenters. The molecule has 0 aromatic carbocycles. The maximum Gasteiger partial charge on any atom is 0.227 e. The monoisotopic (exact) mass is 363 g/mol. The Labute approximate surface area is 115 Å². The fourth-order valence-electron chi connectivity index (χ4n) is 1.33. The Bertz CT molecular complexity index is 476. The summed E-state index contributed by atoms with van der Waals surface area (Å²) in [7, 11) is 0. The molecule has 0 fully saturated rings. The van der Waals surface area contributed by atoms with Crippen LogP contribution < -0.4 is 5.32 Å². The van der Waals surface area contributed by atoms with Crippen molar-refractivity contribution in [1.29, 1.82) is 0 Å². The Morgan fingerprint density at radius 3 is 2.82 bits per heavy atom.